The van der Waals surface area contributed by atoms with Gasteiger partial charge in [-0.05, 0) is 35.9 Å². The number of amides is 3. The first kappa shape index (κ1) is 17.6. The van der Waals surface area contributed by atoms with Gasteiger partial charge in [0.05, 0.1) is 11.1 Å². The average molecular weight is 372 g/mol. The van der Waals surface area contributed by atoms with Crippen molar-refractivity contribution in [2.24, 2.45) is 0 Å². The van der Waals surface area contributed by atoms with Crippen molar-refractivity contribution < 1.29 is 19.2 Å². The summed E-state index contributed by atoms with van der Waals surface area (Å²) < 4.78 is 0. The molecule has 1 heterocycles. The molecule has 0 fully saturated rings. The molecule has 0 aliphatic carbocycles. The number of para-hydroxylation sites is 1. The molecule has 4 rings (SSSR count). The lowest BCUT2D eigenvalue weighted by Crippen LogP contribution is -2.30. The average Bonchev–Trinajstić information content (AvgIpc) is 2.98. The molecule has 0 saturated heterocycles. The Morgan fingerprint density at radius 3 is 2.04 bits per heavy atom. The SMILES string of the molecule is O=C(Nc1ccccc1)c1ccccc1CON1C(=O)c2ccccc2C1=O. The van der Waals surface area contributed by atoms with E-state index in [1.54, 1.807) is 60.7 Å². The highest BCUT2D eigenvalue weighted by atomic mass is 16.7. The number of fused-ring (bicyclic) bond motifs is 1. The van der Waals surface area contributed by atoms with Crippen LogP contribution in [0, 0.1) is 0 Å². The first-order valence-electron chi connectivity index (χ1n) is 8.70. The van der Waals surface area contributed by atoms with E-state index in [0.29, 0.717) is 27.9 Å². The third kappa shape index (κ3) is 3.28. The molecule has 3 aromatic carbocycles. The van der Waals surface area contributed by atoms with E-state index in [1.807, 2.05) is 18.2 Å². The molecule has 3 aromatic rings. The quantitative estimate of drug-likeness (QED) is 0.694. The van der Waals surface area contributed by atoms with Gasteiger partial charge in [0.15, 0.2) is 0 Å². The van der Waals surface area contributed by atoms with Crippen LogP contribution in [0.25, 0.3) is 0 Å². The summed E-state index contributed by atoms with van der Waals surface area (Å²) in [5, 5.41) is 3.56. The monoisotopic (exact) mass is 372 g/mol. The van der Waals surface area contributed by atoms with Gasteiger partial charge in [0, 0.05) is 11.3 Å². The maximum Gasteiger partial charge on any atom is 0.285 e. The van der Waals surface area contributed by atoms with E-state index in [1.165, 1.54) is 0 Å². The summed E-state index contributed by atoms with van der Waals surface area (Å²) in [7, 11) is 0. The molecular formula is C22H16N2O4. The summed E-state index contributed by atoms with van der Waals surface area (Å²) in [4.78, 5) is 42.9. The van der Waals surface area contributed by atoms with Crippen LogP contribution in [0.15, 0.2) is 78.9 Å². The Morgan fingerprint density at radius 2 is 1.36 bits per heavy atom. The molecule has 0 bridgehead atoms. The summed E-state index contributed by atoms with van der Waals surface area (Å²) >= 11 is 0. The number of carbonyl (C=O) groups excluding carboxylic acids is 3. The first-order chi connectivity index (χ1) is 13.6. The Bertz CT molecular complexity index is 1030. The number of nitrogens with one attached hydrogen (secondary N) is 1. The molecule has 0 atom stereocenters. The Morgan fingerprint density at radius 1 is 0.786 bits per heavy atom. The van der Waals surface area contributed by atoms with Gasteiger partial charge in [0.2, 0.25) is 0 Å². The summed E-state index contributed by atoms with van der Waals surface area (Å²) in [6.45, 7) is -0.0934. The van der Waals surface area contributed by atoms with E-state index < -0.39 is 11.8 Å². The van der Waals surface area contributed by atoms with Gasteiger partial charge >= 0.3 is 0 Å². The predicted molar refractivity (Wildman–Crippen MR) is 103 cm³/mol. The molecule has 0 saturated carbocycles. The fourth-order valence-corrected chi connectivity index (χ4v) is 3.01. The second-order valence-electron chi connectivity index (χ2n) is 6.20. The Labute approximate surface area is 161 Å². The highest BCUT2D eigenvalue weighted by Gasteiger charge is 2.36. The minimum atomic E-state index is -0.508. The van der Waals surface area contributed by atoms with E-state index >= 15 is 0 Å². The fourth-order valence-electron chi connectivity index (χ4n) is 3.01. The normalized spacial score (nSPS) is 12.8. The zero-order valence-electron chi connectivity index (χ0n) is 14.8. The van der Waals surface area contributed by atoms with Crippen LogP contribution in [0.3, 0.4) is 0 Å². The van der Waals surface area contributed by atoms with Gasteiger partial charge in [-0.15, -0.1) is 5.06 Å². The number of benzene rings is 3. The van der Waals surface area contributed by atoms with Crippen LogP contribution in [-0.2, 0) is 11.4 Å². The number of imide groups is 1. The molecule has 0 radical (unpaired) electrons. The van der Waals surface area contributed by atoms with Gasteiger partial charge in [-0.1, -0.05) is 48.5 Å². The van der Waals surface area contributed by atoms with E-state index in [9.17, 15) is 14.4 Å². The summed E-state index contributed by atoms with van der Waals surface area (Å²) in [5.74, 6) is -1.31. The highest BCUT2D eigenvalue weighted by Crippen LogP contribution is 2.24. The van der Waals surface area contributed by atoms with Gasteiger partial charge in [-0.2, -0.15) is 0 Å². The third-order valence-electron chi connectivity index (χ3n) is 4.40. The molecule has 0 unspecified atom stereocenters. The first-order valence-corrected chi connectivity index (χ1v) is 8.70. The summed E-state index contributed by atoms with van der Waals surface area (Å²) in [6, 6.07) is 22.5. The number of carbonyl (C=O) groups is 3. The minimum Gasteiger partial charge on any atom is -0.322 e. The number of anilines is 1. The van der Waals surface area contributed by atoms with Crippen LogP contribution >= 0.6 is 0 Å². The molecule has 0 spiro atoms. The van der Waals surface area contributed by atoms with Crippen molar-refractivity contribution in [3.05, 3.63) is 101 Å². The van der Waals surface area contributed by atoms with Crippen LogP contribution in [0.5, 0.6) is 0 Å². The Kier molecular flexibility index (Phi) is 4.70. The van der Waals surface area contributed by atoms with Crippen LogP contribution < -0.4 is 5.32 Å². The second kappa shape index (κ2) is 7.46. The standard InChI is InChI=1S/C22H16N2O4/c25-20(23-16-9-2-1-3-10-16)17-11-5-4-8-15(17)14-28-24-21(26)18-12-6-7-13-19(18)22(24)27/h1-13H,14H2,(H,23,25). The van der Waals surface area contributed by atoms with Crippen molar-refractivity contribution >= 4 is 23.4 Å². The molecule has 1 aliphatic heterocycles. The highest BCUT2D eigenvalue weighted by molar-refractivity contribution is 6.20. The van der Waals surface area contributed by atoms with Gasteiger partial charge < -0.3 is 5.32 Å². The molecular weight excluding hydrogens is 356 g/mol. The summed E-state index contributed by atoms with van der Waals surface area (Å²) in [5.41, 5.74) is 2.25. The second-order valence-corrected chi connectivity index (χ2v) is 6.20. The van der Waals surface area contributed by atoms with E-state index in [-0.39, 0.29) is 12.5 Å². The van der Waals surface area contributed by atoms with Crippen LogP contribution in [0.2, 0.25) is 0 Å². The van der Waals surface area contributed by atoms with E-state index in [0.717, 1.165) is 5.06 Å². The van der Waals surface area contributed by atoms with Crippen molar-refractivity contribution in [3.8, 4) is 0 Å². The molecule has 138 valence electrons. The minimum absolute atomic E-state index is 0.0934. The van der Waals surface area contributed by atoms with Gasteiger partial charge in [-0.3, -0.25) is 19.2 Å². The number of rotatable bonds is 5. The van der Waals surface area contributed by atoms with Crippen molar-refractivity contribution in [2.75, 3.05) is 5.32 Å². The maximum atomic E-state index is 12.6. The number of hydroxylamine groups is 2. The number of hydrogen-bond donors (Lipinski definition) is 1. The summed E-state index contributed by atoms with van der Waals surface area (Å²) in [6.07, 6.45) is 0. The Balaban J connectivity index is 1.50. The molecule has 3 amide bonds. The molecule has 6 nitrogen and oxygen atoms in total. The predicted octanol–water partition coefficient (Wildman–Crippen LogP) is 3.67. The molecule has 1 aliphatic rings. The van der Waals surface area contributed by atoms with Gasteiger partial charge in [0.25, 0.3) is 17.7 Å². The van der Waals surface area contributed by atoms with Crippen LogP contribution in [0.1, 0.15) is 36.6 Å². The van der Waals surface area contributed by atoms with Gasteiger partial charge in [0.1, 0.15) is 6.61 Å². The van der Waals surface area contributed by atoms with Crippen molar-refractivity contribution in [1.29, 1.82) is 0 Å². The van der Waals surface area contributed by atoms with Crippen molar-refractivity contribution in [3.63, 3.8) is 0 Å². The molecule has 0 aromatic heterocycles. The Hall–Kier alpha value is -3.77. The zero-order chi connectivity index (χ0) is 19.5. The largest absolute Gasteiger partial charge is 0.322 e. The smallest absolute Gasteiger partial charge is 0.285 e. The van der Waals surface area contributed by atoms with Crippen LogP contribution in [-0.4, -0.2) is 22.8 Å². The zero-order valence-corrected chi connectivity index (χ0v) is 14.8. The molecule has 1 N–H and O–H groups in total. The van der Waals surface area contributed by atoms with Crippen molar-refractivity contribution in [1.82, 2.24) is 5.06 Å². The number of nitrogens with zero attached hydrogens (tertiary/aromatic N) is 1. The van der Waals surface area contributed by atoms with Crippen molar-refractivity contribution in [2.45, 2.75) is 6.61 Å². The lowest BCUT2D eigenvalue weighted by molar-refractivity contribution is -0.101. The van der Waals surface area contributed by atoms with E-state index in [4.69, 9.17) is 4.84 Å². The van der Waals surface area contributed by atoms with E-state index in [2.05, 4.69) is 5.32 Å². The maximum absolute atomic E-state index is 12.6. The fraction of sp³-hybridized carbons (Fsp3) is 0.0455. The molecule has 28 heavy (non-hydrogen) atoms. The topological polar surface area (TPSA) is 75.7 Å². The third-order valence-corrected chi connectivity index (χ3v) is 4.40. The lowest BCUT2D eigenvalue weighted by atomic mass is 10.1. The molecule has 6 heteroatoms. The van der Waals surface area contributed by atoms with Crippen LogP contribution in [0.4, 0.5) is 5.69 Å². The lowest BCUT2D eigenvalue weighted by Gasteiger charge is -2.15. The number of hydrogen-bond acceptors (Lipinski definition) is 4. The van der Waals surface area contributed by atoms with Gasteiger partial charge in [-0.25, -0.2) is 0 Å².